The Hall–Kier alpha value is -2.68. The Morgan fingerprint density at radius 2 is 1.82 bits per heavy atom. The van der Waals surface area contributed by atoms with Crippen LogP contribution in [0.1, 0.15) is 35.1 Å². The lowest BCUT2D eigenvalue weighted by molar-refractivity contribution is -0.121. The first-order valence-electron chi connectivity index (χ1n) is 9.45. The number of nitrogens with zero attached hydrogens (tertiary/aromatic N) is 2. The van der Waals surface area contributed by atoms with Crippen LogP contribution in [0.2, 0.25) is 0 Å². The van der Waals surface area contributed by atoms with Crippen molar-refractivity contribution in [2.45, 2.75) is 50.1 Å². The zero-order chi connectivity index (χ0) is 19.7. The van der Waals surface area contributed by atoms with E-state index in [1.165, 1.54) is 40.0 Å². The first-order valence-corrected chi connectivity index (χ1v) is 10.6. The van der Waals surface area contributed by atoms with Gasteiger partial charge in [0.1, 0.15) is 6.54 Å². The molecule has 3 amide bonds. The Morgan fingerprint density at radius 3 is 2.46 bits per heavy atom. The molecule has 2 aliphatic rings. The van der Waals surface area contributed by atoms with E-state index in [0.717, 1.165) is 44.2 Å². The average molecular weight is 401 g/mol. The molecule has 1 atom stereocenters. The number of hydrogen-bond donors (Lipinski definition) is 3. The van der Waals surface area contributed by atoms with Gasteiger partial charge < -0.3 is 10.6 Å². The Labute approximate surface area is 165 Å². The van der Waals surface area contributed by atoms with Crippen molar-refractivity contribution in [3.8, 4) is 0 Å². The largest absolute Gasteiger partial charge is 0.358 e. The lowest BCUT2D eigenvalue weighted by Gasteiger charge is -2.16. The average Bonchev–Trinajstić information content (AvgIpc) is 3.41. The van der Waals surface area contributed by atoms with E-state index in [0.29, 0.717) is 0 Å². The highest BCUT2D eigenvalue weighted by Gasteiger charge is 2.25. The molecular weight excluding hydrogens is 378 g/mol. The Kier molecular flexibility index (Phi) is 5.17. The van der Waals surface area contributed by atoms with E-state index in [2.05, 4.69) is 26.5 Å². The van der Waals surface area contributed by atoms with E-state index in [9.17, 15) is 13.8 Å². The van der Waals surface area contributed by atoms with E-state index < -0.39 is 17.0 Å². The number of rotatable bonds is 5. The van der Waals surface area contributed by atoms with Gasteiger partial charge in [-0.25, -0.2) is 9.00 Å². The van der Waals surface area contributed by atoms with Crippen molar-refractivity contribution in [2.24, 2.45) is 0 Å². The van der Waals surface area contributed by atoms with Crippen LogP contribution in [0.4, 0.5) is 10.5 Å². The normalized spacial score (nSPS) is 15.6. The van der Waals surface area contributed by atoms with Gasteiger partial charge in [-0.05, 0) is 66.8 Å². The van der Waals surface area contributed by atoms with Gasteiger partial charge in [-0.1, -0.05) is 6.07 Å². The second-order valence-corrected chi connectivity index (χ2v) is 8.24. The zero-order valence-electron chi connectivity index (χ0n) is 15.7. The van der Waals surface area contributed by atoms with E-state index in [1.54, 1.807) is 6.20 Å². The SMILES string of the molecule is CNC(=O)Cn1ccc(S(=O)NC(=O)Nc2c3c(cc4c2CCC4)CCC3)n1. The summed E-state index contributed by atoms with van der Waals surface area (Å²) in [6.07, 6.45) is 7.78. The monoisotopic (exact) mass is 401 g/mol. The molecule has 3 N–H and O–H groups in total. The van der Waals surface area contributed by atoms with Gasteiger partial charge in [0.05, 0.1) is 0 Å². The first-order chi connectivity index (χ1) is 13.5. The minimum atomic E-state index is -1.81. The summed E-state index contributed by atoms with van der Waals surface area (Å²) >= 11 is 0. The van der Waals surface area contributed by atoms with Crippen LogP contribution in [0.15, 0.2) is 23.4 Å². The predicted octanol–water partition coefficient (Wildman–Crippen LogP) is 1.45. The topological polar surface area (TPSA) is 105 Å². The number of urea groups is 1. The van der Waals surface area contributed by atoms with E-state index in [-0.39, 0.29) is 17.5 Å². The summed E-state index contributed by atoms with van der Waals surface area (Å²) in [5.41, 5.74) is 5.99. The maximum absolute atomic E-state index is 12.5. The summed E-state index contributed by atoms with van der Waals surface area (Å²) in [4.78, 5) is 23.9. The number of fused-ring (bicyclic) bond motifs is 2. The standard InChI is InChI=1S/C19H23N5O3S/c1-20-16(25)11-24-9-8-17(22-24)28(27)23-19(26)21-18-14-6-2-4-12(14)10-13-5-3-7-15(13)18/h8-10H,2-7,11H2,1H3,(H,20,25)(H2,21,23,26). The van der Waals surface area contributed by atoms with Crippen LogP contribution in [0, 0.1) is 0 Å². The number of benzene rings is 1. The summed E-state index contributed by atoms with van der Waals surface area (Å²) in [6, 6.07) is 3.32. The van der Waals surface area contributed by atoms with Gasteiger partial charge in [0.2, 0.25) is 5.91 Å². The molecule has 1 unspecified atom stereocenters. The van der Waals surface area contributed by atoms with Crippen LogP contribution >= 0.6 is 0 Å². The summed E-state index contributed by atoms with van der Waals surface area (Å²) in [5.74, 6) is -0.210. The lowest BCUT2D eigenvalue weighted by Crippen LogP contribution is -2.31. The fourth-order valence-corrected chi connectivity index (χ4v) is 4.69. The molecule has 0 saturated heterocycles. The summed E-state index contributed by atoms with van der Waals surface area (Å²) in [5, 5.41) is 9.73. The smallest absolute Gasteiger partial charge is 0.331 e. The number of carbonyl (C=O) groups is 2. The van der Waals surface area contributed by atoms with Crippen molar-refractivity contribution >= 4 is 28.6 Å². The van der Waals surface area contributed by atoms with Crippen LogP contribution in [0.5, 0.6) is 0 Å². The molecule has 1 heterocycles. The second kappa shape index (κ2) is 7.75. The summed E-state index contributed by atoms with van der Waals surface area (Å²) in [6.45, 7) is 0.0299. The number of aromatic nitrogens is 2. The number of carbonyl (C=O) groups excluding carboxylic acids is 2. The number of aryl methyl sites for hydroxylation is 2. The third kappa shape index (κ3) is 3.66. The van der Waals surface area contributed by atoms with Gasteiger partial charge in [0, 0.05) is 18.9 Å². The molecule has 8 nitrogen and oxygen atoms in total. The molecule has 0 aliphatic heterocycles. The molecule has 1 aromatic carbocycles. The molecule has 0 saturated carbocycles. The summed E-state index contributed by atoms with van der Waals surface area (Å²) < 4.78 is 16.3. The van der Waals surface area contributed by atoms with Gasteiger partial charge in [0.25, 0.3) is 0 Å². The van der Waals surface area contributed by atoms with E-state index in [1.807, 2.05) is 0 Å². The molecule has 0 bridgehead atoms. The van der Waals surface area contributed by atoms with Crippen molar-refractivity contribution < 1.29 is 13.8 Å². The lowest BCUT2D eigenvalue weighted by atomic mass is 9.99. The van der Waals surface area contributed by atoms with Gasteiger partial charge in [-0.15, -0.1) is 0 Å². The molecule has 9 heteroatoms. The highest BCUT2D eigenvalue weighted by molar-refractivity contribution is 7.83. The van der Waals surface area contributed by atoms with Gasteiger partial charge in [-0.3, -0.25) is 14.2 Å². The van der Waals surface area contributed by atoms with Crippen molar-refractivity contribution in [1.29, 1.82) is 0 Å². The predicted molar refractivity (Wildman–Crippen MR) is 105 cm³/mol. The second-order valence-electron chi connectivity index (χ2n) is 7.08. The van der Waals surface area contributed by atoms with Crippen LogP contribution in [-0.4, -0.2) is 33.0 Å². The number of anilines is 1. The number of amides is 3. The number of likely N-dealkylation sites (N-methyl/N-ethyl adjacent to an activating group) is 1. The van der Waals surface area contributed by atoms with Crippen LogP contribution in [0.25, 0.3) is 0 Å². The van der Waals surface area contributed by atoms with Crippen molar-refractivity contribution in [3.63, 3.8) is 0 Å². The fraction of sp³-hybridized carbons (Fsp3) is 0.421. The molecule has 28 heavy (non-hydrogen) atoms. The molecule has 148 valence electrons. The minimum absolute atomic E-state index is 0.0299. The summed E-state index contributed by atoms with van der Waals surface area (Å²) in [7, 11) is -0.270. The third-order valence-electron chi connectivity index (χ3n) is 5.29. The highest BCUT2D eigenvalue weighted by Crippen LogP contribution is 2.38. The third-order valence-corrected chi connectivity index (χ3v) is 6.26. The molecule has 0 fully saturated rings. The van der Waals surface area contributed by atoms with Crippen molar-refractivity contribution in [1.82, 2.24) is 19.8 Å². The molecule has 0 radical (unpaired) electrons. The Balaban J connectivity index is 1.46. The first kappa shape index (κ1) is 18.7. The molecule has 4 rings (SSSR count). The number of hydrogen-bond acceptors (Lipinski definition) is 4. The minimum Gasteiger partial charge on any atom is -0.358 e. The van der Waals surface area contributed by atoms with E-state index >= 15 is 0 Å². The van der Waals surface area contributed by atoms with Gasteiger partial charge >= 0.3 is 6.03 Å². The zero-order valence-corrected chi connectivity index (χ0v) is 16.5. The molecule has 2 aromatic rings. The Bertz CT molecular complexity index is 936. The van der Waals surface area contributed by atoms with Gasteiger partial charge in [-0.2, -0.15) is 5.10 Å². The van der Waals surface area contributed by atoms with Crippen LogP contribution < -0.4 is 15.4 Å². The highest BCUT2D eigenvalue weighted by atomic mass is 32.2. The Morgan fingerprint density at radius 1 is 1.14 bits per heavy atom. The van der Waals surface area contributed by atoms with Gasteiger partial charge in [0.15, 0.2) is 16.0 Å². The molecular formula is C19H23N5O3S. The fourth-order valence-electron chi connectivity index (χ4n) is 4.00. The maximum atomic E-state index is 12.5. The molecule has 1 aromatic heterocycles. The van der Waals surface area contributed by atoms with Crippen molar-refractivity contribution in [3.05, 3.63) is 40.6 Å². The molecule has 0 spiro atoms. The molecule has 2 aliphatic carbocycles. The maximum Gasteiger partial charge on any atom is 0.331 e. The van der Waals surface area contributed by atoms with E-state index in [4.69, 9.17) is 0 Å². The van der Waals surface area contributed by atoms with Crippen molar-refractivity contribution in [2.75, 3.05) is 12.4 Å². The quantitative estimate of drug-likeness (QED) is 0.705. The van der Waals surface area contributed by atoms with Crippen LogP contribution in [-0.2, 0) is 48.0 Å². The van der Waals surface area contributed by atoms with Crippen LogP contribution in [0.3, 0.4) is 0 Å². The number of nitrogens with one attached hydrogen (secondary N) is 3.